The van der Waals surface area contributed by atoms with Crippen LogP contribution < -0.4 is 0 Å². The monoisotopic (exact) mass is 209 g/mol. The van der Waals surface area contributed by atoms with Crippen LogP contribution in [0.4, 0.5) is 0 Å². The first-order valence-electron chi connectivity index (χ1n) is 6.50. The summed E-state index contributed by atoms with van der Waals surface area (Å²) in [6, 6.07) is 1.73. The van der Waals surface area contributed by atoms with Crippen LogP contribution in [0, 0.1) is 11.3 Å². The maximum absolute atomic E-state index is 2.81. The van der Waals surface area contributed by atoms with Crippen molar-refractivity contribution in [3.05, 3.63) is 0 Å². The summed E-state index contributed by atoms with van der Waals surface area (Å²) in [4.78, 5) is 2.81. The average molecular weight is 209 g/mol. The molecule has 0 aromatic carbocycles. The molecule has 0 aromatic rings. The van der Waals surface area contributed by atoms with Gasteiger partial charge in [-0.05, 0) is 51.4 Å². The fourth-order valence-corrected chi connectivity index (χ4v) is 3.96. The molecule has 2 saturated heterocycles. The number of rotatable bonds is 0. The van der Waals surface area contributed by atoms with Crippen LogP contribution in [0.25, 0.3) is 0 Å². The summed E-state index contributed by atoms with van der Waals surface area (Å²) >= 11 is 0. The van der Waals surface area contributed by atoms with Gasteiger partial charge in [0.1, 0.15) is 0 Å². The minimum absolute atomic E-state index is 0.367. The van der Waals surface area contributed by atoms with E-state index in [0.29, 0.717) is 11.0 Å². The molecule has 2 aliphatic rings. The predicted molar refractivity (Wildman–Crippen MR) is 66.0 cm³/mol. The van der Waals surface area contributed by atoms with Crippen molar-refractivity contribution >= 4 is 0 Å². The Morgan fingerprint density at radius 3 is 1.87 bits per heavy atom. The summed E-state index contributed by atoms with van der Waals surface area (Å²) < 4.78 is 0. The highest BCUT2D eigenvalue weighted by Crippen LogP contribution is 2.51. The molecule has 2 fully saturated rings. The molecule has 0 aliphatic carbocycles. The minimum Gasteiger partial charge on any atom is -0.292 e. The van der Waals surface area contributed by atoms with Gasteiger partial charge < -0.3 is 0 Å². The molecule has 88 valence electrons. The van der Waals surface area contributed by atoms with Gasteiger partial charge in [0.25, 0.3) is 0 Å². The summed E-state index contributed by atoms with van der Waals surface area (Å²) in [6.07, 6.45) is 4.31. The zero-order valence-electron chi connectivity index (χ0n) is 11.3. The zero-order chi connectivity index (χ0) is 11.4. The molecule has 2 bridgehead atoms. The van der Waals surface area contributed by atoms with Crippen LogP contribution in [0.1, 0.15) is 60.8 Å². The molecule has 15 heavy (non-hydrogen) atoms. The lowest BCUT2D eigenvalue weighted by Gasteiger charge is -2.39. The Labute approximate surface area is 95.2 Å². The Bertz CT molecular complexity index is 243. The van der Waals surface area contributed by atoms with Crippen LogP contribution in [0.2, 0.25) is 0 Å². The molecule has 3 atom stereocenters. The average Bonchev–Trinajstić information content (AvgIpc) is 2.55. The van der Waals surface area contributed by atoms with Crippen LogP contribution in [0.15, 0.2) is 0 Å². The van der Waals surface area contributed by atoms with Crippen molar-refractivity contribution in [3.63, 3.8) is 0 Å². The van der Waals surface area contributed by atoms with Gasteiger partial charge in [0.2, 0.25) is 0 Å². The Kier molecular flexibility index (Phi) is 2.46. The van der Waals surface area contributed by atoms with E-state index in [4.69, 9.17) is 0 Å². The SMILES string of the molecule is CC(C)(C)C1C[C@@H]2CCC1N2C(C)(C)C. The molecule has 0 amide bonds. The van der Waals surface area contributed by atoms with Crippen LogP contribution in [0.3, 0.4) is 0 Å². The van der Waals surface area contributed by atoms with Crippen molar-refractivity contribution < 1.29 is 0 Å². The van der Waals surface area contributed by atoms with E-state index in [-0.39, 0.29) is 0 Å². The van der Waals surface area contributed by atoms with Crippen molar-refractivity contribution in [1.82, 2.24) is 4.90 Å². The van der Waals surface area contributed by atoms with Crippen LogP contribution in [-0.2, 0) is 0 Å². The predicted octanol–water partition coefficient (Wildman–Crippen LogP) is 3.68. The summed E-state index contributed by atoms with van der Waals surface area (Å²) in [7, 11) is 0. The molecule has 1 heteroatoms. The van der Waals surface area contributed by atoms with E-state index in [2.05, 4.69) is 46.4 Å². The smallest absolute Gasteiger partial charge is 0.0138 e. The Morgan fingerprint density at radius 1 is 0.933 bits per heavy atom. The highest BCUT2D eigenvalue weighted by molar-refractivity contribution is 5.06. The molecule has 0 spiro atoms. The second-order valence-electron chi connectivity index (χ2n) is 7.58. The molecule has 2 unspecified atom stereocenters. The van der Waals surface area contributed by atoms with Gasteiger partial charge in [-0.15, -0.1) is 0 Å². The van der Waals surface area contributed by atoms with E-state index in [1.165, 1.54) is 19.3 Å². The Balaban J connectivity index is 2.20. The van der Waals surface area contributed by atoms with E-state index in [1.807, 2.05) is 0 Å². The van der Waals surface area contributed by atoms with Gasteiger partial charge in [-0.25, -0.2) is 0 Å². The van der Waals surface area contributed by atoms with Gasteiger partial charge >= 0.3 is 0 Å². The number of hydrogen-bond donors (Lipinski definition) is 0. The first-order valence-corrected chi connectivity index (χ1v) is 6.50. The third-order valence-electron chi connectivity index (χ3n) is 4.42. The molecule has 1 nitrogen and oxygen atoms in total. The van der Waals surface area contributed by atoms with Crippen LogP contribution in [0.5, 0.6) is 0 Å². The molecular formula is C14H27N. The molecule has 2 aliphatic heterocycles. The fraction of sp³-hybridized carbons (Fsp3) is 1.00. The van der Waals surface area contributed by atoms with Crippen molar-refractivity contribution in [1.29, 1.82) is 0 Å². The number of nitrogens with zero attached hydrogens (tertiary/aromatic N) is 1. The van der Waals surface area contributed by atoms with Crippen molar-refractivity contribution in [2.75, 3.05) is 0 Å². The molecule has 2 rings (SSSR count). The van der Waals surface area contributed by atoms with Gasteiger partial charge in [0.05, 0.1) is 0 Å². The summed E-state index contributed by atoms with van der Waals surface area (Å²) in [5.74, 6) is 0.912. The normalized spacial score (nSPS) is 37.6. The summed E-state index contributed by atoms with van der Waals surface area (Å²) in [5, 5.41) is 0. The lowest BCUT2D eigenvalue weighted by molar-refractivity contribution is 0.0887. The topological polar surface area (TPSA) is 3.24 Å². The highest BCUT2D eigenvalue weighted by atomic mass is 15.3. The molecular weight excluding hydrogens is 182 g/mol. The van der Waals surface area contributed by atoms with E-state index in [0.717, 1.165) is 18.0 Å². The van der Waals surface area contributed by atoms with E-state index in [1.54, 1.807) is 0 Å². The van der Waals surface area contributed by atoms with Crippen molar-refractivity contribution in [2.24, 2.45) is 11.3 Å². The first-order chi connectivity index (χ1) is 6.71. The second kappa shape index (κ2) is 3.23. The summed E-state index contributed by atoms with van der Waals surface area (Å²) in [5.41, 5.74) is 0.856. The molecule has 2 heterocycles. The zero-order valence-corrected chi connectivity index (χ0v) is 11.3. The largest absolute Gasteiger partial charge is 0.292 e. The van der Waals surface area contributed by atoms with Gasteiger partial charge in [-0.1, -0.05) is 20.8 Å². The van der Waals surface area contributed by atoms with Crippen LogP contribution >= 0.6 is 0 Å². The molecule has 0 radical (unpaired) electrons. The summed E-state index contributed by atoms with van der Waals surface area (Å²) in [6.45, 7) is 14.4. The molecule has 0 aromatic heterocycles. The highest BCUT2D eigenvalue weighted by Gasteiger charge is 2.52. The number of hydrogen-bond acceptors (Lipinski definition) is 1. The van der Waals surface area contributed by atoms with Crippen molar-refractivity contribution in [2.45, 2.75) is 78.4 Å². The second-order valence-corrected chi connectivity index (χ2v) is 7.58. The van der Waals surface area contributed by atoms with Gasteiger partial charge in [0.15, 0.2) is 0 Å². The van der Waals surface area contributed by atoms with Gasteiger partial charge in [-0.3, -0.25) is 4.90 Å². The third-order valence-corrected chi connectivity index (χ3v) is 4.42. The maximum atomic E-state index is 2.81. The lowest BCUT2D eigenvalue weighted by atomic mass is 9.72. The first kappa shape index (κ1) is 11.4. The van der Waals surface area contributed by atoms with Crippen molar-refractivity contribution in [3.8, 4) is 0 Å². The van der Waals surface area contributed by atoms with E-state index in [9.17, 15) is 0 Å². The van der Waals surface area contributed by atoms with Gasteiger partial charge in [-0.2, -0.15) is 0 Å². The van der Waals surface area contributed by atoms with E-state index >= 15 is 0 Å². The minimum atomic E-state index is 0.367. The quantitative estimate of drug-likeness (QED) is 0.588. The number of fused-ring (bicyclic) bond motifs is 2. The standard InChI is InChI=1S/C14H27N/c1-13(2,3)11-9-10-7-8-12(11)15(10)14(4,5)6/h10-12H,7-9H2,1-6H3/t10-,11?,12?/m0/s1. The van der Waals surface area contributed by atoms with E-state index < -0.39 is 0 Å². The molecule has 0 N–H and O–H groups in total. The fourth-order valence-electron chi connectivity index (χ4n) is 3.96. The van der Waals surface area contributed by atoms with Crippen LogP contribution in [-0.4, -0.2) is 22.5 Å². The lowest BCUT2D eigenvalue weighted by Crippen LogP contribution is -2.46. The maximum Gasteiger partial charge on any atom is 0.0138 e. The molecule has 0 saturated carbocycles. The Morgan fingerprint density at radius 2 is 1.53 bits per heavy atom. The Hall–Kier alpha value is -0.0400. The van der Waals surface area contributed by atoms with Gasteiger partial charge in [0, 0.05) is 17.6 Å². The third kappa shape index (κ3) is 1.84.